The van der Waals surface area contributed by atoms with Crippen LogP contribution in [0.5, 0.6) is 11.5 Å². The molecular formula is C19H20N2O7S. The SMILES string of the molecule is CCS(=O)(=O)Nc1ccc(C(=O)/C=C/c2cc(OC)c(OC)cc2[N+](=O)[O-])cc1. The molecule has 154 valence electrons. The molecule has 0 heterocycles. The Morgan fingerprint density at radius 1 is 1.14 bits per heavy atom. The van der Waals surface area contributed by atoms with Gasteiger partial charge in [0.2, 0.25) is 10.0 Å². The van der Waals surface area contributed by atoms with E-state index in [2.05, 4.69) is 4.72 Å². The molecule has 0 spiro atoms. The van der Waals surface area contributed by atoms with E-state index in [-0.39, 0.29) is 28.5 Å². The van der Waals surface area contributed by atoms with Crippen molar-refractivity contribution in [1.29, 1.82) is 0 Å². The van der Waals surface area contributed by atoms with Crippen molar-refractivity contribution in [2.45, 2.75) is 6.92 Å². The molecule has 1 N–H and O–H groups in total. The van der Waals surface area contributed by atoms with E-state index in [9.17, 15) is 23.3 Å². The molecule has 2 rings (SSSR count). The molecule has 9 nitrogen and oxygen atoms in total. The van der Waals surface area contributed by atoms with Gasteiger partial charge in [-0.3, -0.25) is 19.6 Å². The Kier molecular flexibility index (Phi) is 6.94. The van der Waals surface area contributed by atoms with Gasteiger partial charge in [0.25, 0.3) is 5.69 Å². The number of nitro benzene ring substituents is 1. The number of ketones is 1. The first-order valence-corrected chi connectivity index (χ1v) is 10.1. The maximum atomic E-state index is 12.4. The van der Waals surface area contributed by atoms with Crippen LogP contribution in [0.4, 0.5) is 11.4 Å². The summed E-state index contributed by atoms with van der Waals surface area (Å²) < 4.78 is 35.7. The fourth-order valence-corrected chi connectivity index (χ4v) is 3.03. The monoisotopic (exact) mass is 420 g/mol. The molecule has 0 aliphatic heterocycles. The number of carbonyl (C=O) groups is 1. The summed E-state index contributed by atoms with van der Waals surface area (Å²) in [5.74, 6) is 0.0186. The molecule has 2 aromatic rings. The molecule has 2 aromatic carbocycles. The predicted octanol–water partition coefficient (Wildman–Crippen LogP) is 3.27. The van der Waals surface area contributed by atoms with Crippen molar-refractivity contribution in [3.63, 3.8) is 0 Å². The molecule has 0 saturated heterocycles. The molecule has 0 fully saturated rings. The summed E-state index contributed by atoms with van der Waals surface area (Å²) in [4.78, 5) is 23.1. The van der Waals surface area contributed by atoms with Crippen LogP contribution in [0.2, 0.25) is 0 Å². The van der Waals surface area contributed by atoms with Gasteiger partial charge in [-0.05, 0) is 49.4 Å². The van der Waals surface area contributed by atoms with Gasteiger partial charge in [0.05, 0.1) is 36.5 Å². The second kappa shape index (κ2) is 9.20. The Morgan fingerprint density at radius 2 is 1.72 bits per heavy atom. The van der Waals surface area contributed by atoms with Crippen LogP contribution < -0.4 is 14.2 Å². The van der Waals surface area contributed by atoms with Gasteiger partial charge < -0.3 is 9.47 Å². The summed E-state index contributed by atoms with van der Waals surface area (Å²) in [6.07, 6.45) is 2.51. The second-order valence-corrected chi connectivity index (χ2v) is 7.81. The molecule has 0 bridgehead atoms. The summed E-state index contributed by atoms with van der Waals surface area (Å²) in [6, 6.07) is 8.48. The summed E-state index contributed by atoms with van der Waals surface area (Å²) in [5, 5.41) is 11.3. The quantitative estimate of drug-likeness (QED) is 0.286. The zero-order valence-electron chi connectivity index (χ0n) is 16.0. The number of benzene rings is 2. The van der Waals surface area contributed by atoms with Crippen LogP contribution in [-0.2, 0) is 10.0 Å². The Bertz CT molecular complexity index is 1040. The van der Waals surface area contributed by atoms with Gasteiger partial charge in [-0.15, -0.1) is 0 Å². The second-order valence-electron chi connectivity index (χ2n) is 5.80. The first-order valence-electron chi connectivity index (χ1n) is 8.44. The fraction of sp³-hybridized carbons (Fsp3) is 0.211. The Hall–Kier alpha value is -3.40. The van der Waals surface area contributed by atoms with Crippen molar-refractivity contribution in [3.8, 4) is 11.5 Å². The van der Waals surface area contributed by atoms with Crippen molar-refractivity contribution in [2.75, 3.05) is 24.7 Å². The number of sulfonamides is 1. The molecule has 0 aliphatic carbocycles. The highest BCUT2D eigenvalue weighted by atomic mass is 32.2. The molecule has 0 unspecified atom stereocenters. The van der Waals surface area contributed by atoms with Gasteiger partial charge in [0.15, 0.2) is 17.3 Å². The number of rotatable bonds is 9. The predicted molar refractivity (Wildman–Crippen MR) is 109 cm³/mol. The zero-order chi connectivity index (χ0) is 21.6. The van der Waals surface area contributed by atoms with Crippen LogP contribution in [0, 0.1) is 10.1 Å². The normalized spacial score (nSPS) is 11.3. The molecular weight excluding hydrogens is 400 g/mol. The molecule has 0 radical (unpaired) electrons. The minimum absolute atomic E-state index is 0.0689. The molecule has 10 heteroatoms. The van der Waals surface area contributed by atoms with Gasteiger partial charge in [-0.25, -0.2) is 8.42 Å². The third-order valence-electron chi connectivity index (χ3n) is 3.97. The van der Waals surface area contributed by atoms with Crippen molar-refractivity contribution < 1.29 is 27.6 Å². The number of methoxy groups -OCH3 is 2. The number of nitrogens with zero attached hydrogens (tertiary/aromatic N) is 1. The Morgan fingerprint density at radius 3 is 2.24 bits per heavy atom. The molecule has 0 atom stereocenters. The van der Waals surface area contributed by atoms with Crippen molar-refractivity contribution in [1.82, 2.24) is 0 Å². The maximum absolute atomic E-state index is 12.4. The van der Waals surface area contributed by atoms with Gasteiger partial charge in [-0.2, -0.15) is 0 Å². The molecule has 29 heavy (non-hydrogen) atoms. The van der Waals surface area contributed by atoms with Gasteiger partial charge in [0.1, 0.15) is 0 Å². The van der Waals surface area contributed by atoms with Crippen LogP contribution >= 0.6 is 0 Å². The summed E-state index contributed by atoms with van der Waals surface area (Å²) in [5.41, 5.74) is 0.566. The standard InChI is InChI=1S/C19H20N2O7S/c1-4-29(25,26)20-15-8-5-13(6-9-15)17(22)10-7-14-11-18(27-2)19(28-3)12-16(14)21(23)24/h5-12,20H,4H2,1-3H3/b10-7+. The van der Waals surface area contributed by atoms with E-state index in [1.807, 2.05) is 0 Å². The van der Waals surface area contributed by atoms with Crippen LogP contribution in [0.1, 0.15) is 22.8 Å². The number of allylic oxidation sites excluding steroid dienone is 1. The van der Waals surface area contributed by atoms with E-state index >= 15 is 0 Å². The van der Waals surface area contributed by atoms with E-state index in [1.54, 1.807) is 0 Å². The lowest BCUT2D eigenvalue weighted by atomic mass is 10.1. The lowest BCUT2D eigenvalue weighted by Gasteiger charge is -2.08. The fourth-order valence-electron chi connectivity index (χ4n) is 2.39. The lowest BCUT2D eigenvalue weighted by Crippen LogP contribution is -2.14. The van der Waals surface area contributed by atoms with Crippen LogP contribution in [0.15, 0.2) is 42.5 Å². The summed E-state index contributed by atoms with van der Waals surface area (Å²) >= 11 is 0. The highest BCUT2D eigenvalue weighted by Crippen LogP contribution is 2.35. The summed E-state index contributed by atoms with van der Waals surface area (Å²) in [6.45, 7) is 1.51. The minimum atomic E-state index is -3.41. The number of carbonyl (C=O) groups excluding carboxylic acids is 1. The van der Waals surface area contributed by atoms with Gasteiger partial charge in [0, 0.05) is 11.3 Å². The number of ether oxygens (including phenoxy) is 2. The van der Waals surface area contributed by atoms with Gasteiger partial charge in [-0.1, -0.05) is 0 Å². The summed E-state index contributed by atoms with van der Waals surface area (Å²) in [7, 11) is -0.647. The molecule has 0 amide bonds. The minimum Gasteiger partial charge on any atom is -0.493 e. The third-order valence-corrected chi connectivity index (χ3v) is 5.27. The van der Waals surface area contributed by atoms with Crippen molar-refractivity contribution in [2.24, 2.45) is 0 Å². The number of hydrogen-bond acceptors (Lipinski definition) is 7. The third kappa shape index (κ3) is 5.55. The number of anilines is 1. The average Bonchev–Trinajstić information content (AvgIpc) is 2.71. The first kappa shape index (κ1) is 21.9. The van der Waals surface area contributed by atoms with Crippen LogP contribution in [0.3, 0.4) is 0 Å². The Labute approximate surface area is 168 Å². The largest absolute Gasteiger partial charge is 0.493 e. The van der Waals surface area contributed by atoms with Crippen molar-refractivity contribution >= 4 is 33.3 Å². The zero-order valence-corrected chi connectivity index (χ0v) is 16.9. The van der Waals surface area contributed by atoms with E-state index < -0.39 is 20.7 Å². The topological polar surface area (TPSA) is 125 Å². The average molecular weight is 420 g/mol. The number of hydrogen-bond donors (Lipinski definition) is 1. The number of nitro groups is 1. The Balaban J connectivity index is 2.27. The van der Waals surface area contributed by atoms with E-state index in [4.69, 9.17) is 9.47 Å². The molecule has 0 aromatic heterocycles. The van der Waals surface area contributed by atoms with Crippen molar-refractivity contribution in [3.05, 3.63) is 63.7 Å². The first-order chi connectivity index (χ1) is 13.7. The maximum Gasteiger partial charge on any atom is 0.280 e. The van der Waals surface area contributed by atoms with Crippen LogP contribution in [-0.4, -0.2) is 39.1 Å². The smallest absolute Gasteiger partial charge is 0.280 e. The van der Waals surface area contributed by atoms with Gasteiger partial charge >= 0.3 is 0 Å². The molecule has 0 saturated carbocycles. The highest BCUT2D eigenvalue weighted by molar-refractivity contribution is 7.92. The van der Waals surface area contributed by atoms with E-state index in [1.165, 1.54) is 69.7 Å². The number of nitrogens with one attached hydrogen (secondary N) is 1. The van der Waals surface area contributed by atoms with E-state index in [0.29, 0.717) is 11.3 Å². The highest BCUT2D eigenvalue weighted by Gasteiger charge is 2.18. The van der Waals surface area contributed by atoms with Crippen LogP contribution in [0.25, 0.3) is 6.08 Å². The lowest BCUT2D eigenvalue weighted by molar-refractivity contribution is -0.385. The molecule has 0 aliphatic rings. The van der Waals surface area contributed by atoms with E-state index in [0.717, 1.165) is 0 Å².